The van der Waals surface area contributed by atoms with Crippen molar-refractivity contribution in [2.45, 2.75) is 26.5 Å². The van der Waals surface area contributed by atoms with Crippen LogP contribution in [0.4, 0.5) is 8.78 Å². The van der Waals surface area contributed by atoms with E-state index >= 15 is 0 Å². The standard InChI is InChI=1S/C18H22F2N4O.HI/c1-13-4-3-10-22-16(13)12-24-18(21-2)23-11-9-14-5-7-15(8-6-14)25-17(19)20;/h3-8,10,17H,9,11-12H2,1-2H3,(H2,21,23,24);1H. The van der Waals surface area contributed by atoms with Gasteiger partial charge in [-0.05, 0) is 42.7 Å². The van der Waals surface area contributed by atoms with Crippen LogP contribution in [0.25, 0.3) is 0 Å². The van der Waals surface area contributed by atoms with Crippen molar-refractivity contribution in [3.8, 4) is 5.75 Å². The highest BCUT2D eigenvalue weighted by Crippen LogP contribution is 2.14. The number of halogens is 3. The van der Waals surface area contributed by atoms with E-state index < -0.39 is 6.61 Å². The van der Waals surface area contributed by atoms with E-state index in [1.165, 1.54) is 0 Å². The highest BCUT2D eigenvalue weighted by atomic mass is 127. The van der Waals surface area contributed by atoms with Gasteiger partial charge in [0.15, 0.2) is 5.96 Å². The average molecular weight is 476 g/mol. The zero-order valence-electron chi connectivity index (χ0n) is 14.7. The number of hydrogen-bond acceptors (Lipinski definition) is 3. The van der Waals surface area contributed by atoms with E-state index in [1.54, 1.807) is 37.5 Å². The van der Waals surface area contributed by atoms with E-state index in [9.17, 15) is 8.78 Å². The van der Waals surface area contributed by atoms with Gasteiger partial charge in [-0.1, -0.05) is 18.2 Å². The number of pyridine rings is 1. The van der Waals surface area contributed by atoms with E-state index in [1.807, 2.05) is 19.1 Å². The predicted octanol–water partition coefficient (Wildman–Crippen LogP) is 3.52. The van der Waals surface area contributed by atoms with Crippen molar-refractivity contribution in [1.82, 2.24) is 15.6 Å². The molecule has 1 heterocycles. The number of aromatic nitrogens is 1. The Morgan fingerprint density at radius 3 is 2.54 bits per heavy atom. The Kier molecular flexibility index (Phi) is 9.85. The van der Waals surface area contributed by atoms with Gasteiger partial charge in [-0.15, -0.1) is 24.0 Å². The molecule has 2 N–H and O–H groups in total. The van der Waals surface area contributed by atoms with Gasteiger partial charge in [0.1, 0.15) is 5.75 Å². The van der Waals surface area contributed by atoms with Gasteiger partial charge in [-0.25, -0.2) is 0 Å². The highest BCUT2D eigenvalue weighted by molar-refractivity contribution is 14.0. The maximum Gasteiger partial charge on any atom is 0.387 e. The third-order valence-corrected chi connectivity index (χ3v) is 3.62. The molecule has 5 nitrogen and oxygen atoms in total. The molecule has 142 valence electrons. The van der Waals surface area contributed by atoms with Crippen LogP contribution in [0, 0.1) is 6.92 Å². The molecule has 0 amide bonds. The molecule has 0 saturated carbocycles. The Bertz CT molecular complexity index is 696. The lowest BCUT2D eigenvalue weighted by Gasteiger charge is -2.12. The number of rotatable bonds is 7. The van der Waals surface area contributed by atoms with Crippen LogP contribution in [-0.4, -0.2) is 31.1 Å². The third-order valence-electron chi connectivity index (χ3n) is 3.62. The summed E-state index contributed by atoms with van der Waals surface area (Å²) < 4.78 is 28.6. The van der Waals surface area contributed by atoms with Crippen LogP contribution in [0.3, 0.4) is 0 Å². The van der Waals surface area contributed by atoms with Crippen LogP contribution in [0.1, 0.15) is 16.8 Å². The molecule has 0 aliphatic heterocycles. The Morgan fingerprint density at radius 2 is 1.92 bits per heavy atom. The fourth-order valence-corrected chi connectivity index (χ4v) is 2.25. The molecule has 0 aliphatic carbocycles. The van der Waals surface area contributed by atoms with E-state index in [2.05, 4.69) is 25.3 Å². The van der Waals surface area contributed by atoms with Gasteiger partial charge in [0.25, 0.3) is 0 Å². The minimum absolute atomic E-state index is 0. The van der Waals surface area contributed by atoms with Gasteiger partial charge in [-0.3, -0.25) is 9.98 Å². The minimum atomic E-state index is -2.80. The number of nitrogens with one attached hydrogen (secondary N) is 2. The summed E-state index contributed by atoms with van der Waals surface area (Å²) in [6.07, 6.45) is 2.50. The topological polar surface area (TPSA) is 58.5 Å². The molecule has 8 heteroatoms. The van der Waals surface area contributed by atoms with Crippen LogP contribution in [-0.2, 0) is 13.0 Å². The molecule has 26 heavy (non-hydrogen) atoms. The normalized spacial score (nSPS) is 11.0. The first-order valence-electron chi connectivity index (χ1n) is 7.97. The van der Waals surface area contributed by atoms with Crippen LogP contribution in [0.15, 0.2) is 47.6 Å². The first kappa shape index (κ1) is 22.1. The van der Waals surface area contributed by atoms with Gasteiger partial charge in [-0.2, -0.15) is 8.78 Å². The van der Waals surface area contributed by atoms with Crippen molar-refractivity contribution in [3.63, 3.8) is 0 Å². The first-order valence-corrected chi connectivity index (χ1v) is 7.97. The molecule has 0 fully saturated rings. The zero-order chi connectivity index (χ0) is 18.1. The fourth-order valence-electron chi connectivity index (χ4n) is 2.25. The van der Waals surface area contributed by atoms with E-state index in [0.717, 1.165) is 23.2 Å². The maximum atomic E-state index is 12.1. The van der Waals surface area contributed by atoms with Gasteiger partial charge in [0.05, 0.1) is 12.2 Å². The number of ether oxygens (including phenoxy) is 1. The van der Waals surface area contributed by atoms with Crippen LogP contribution < -0.4 is 15.4 Å². The summed E-state index contributed by atoms with van der Waals surface area (Å²) in [5, 5.41) is 6.43. The SMILES string of the molecule is CN=C(NCCc1ccc(OC(F)F)cc1)NCc1ncccc1C.I. The van der Waals surface area contributed by atoms with Crippen LogP contribution in [0.5, 0.6) is 5.75 Å². The average Bonchev–Trinajstić information content (AvgIpc) is 2.60. The lowest BCUT2D eigenvalue weighted by Crippen LogP contribution is -2.38. The Morgan fingerprint density at radius 1 is 1.19 bits per heavy atom. The summed E-state index contributed by atoms with van der Waals surface area (Å²) in [5.74, 6) is 0.845. The lowest BCUT2D eigenvalue weighted by atomic mass is 10.1. The second kappa shape index (κ2) is 11.6. The molecule has 0 saturated heterocycles. The number of nitrogens with zero attached hydrogens (tertiary/aromatic N) is 2. The molecule has 0 aliphatic rings. The smallest absolute Gasteiger partial charge is 0.387 e. The Hall–Kier alpha value is -1.97. The Balaban J connectivity index is 0.00000338. The number of benzene rings is 1. The van der Waals surface area contributed by atoms with Crippen molar-refractivity contribution >= 4 is 29.9 Å². The molecule has 1 aromatic carbocycles. The molecule has 0 unspecified atom stereocenters. The molecule has 1 aromatic heterocycles. The summed E-state index contributed by atoms with van der Waals surface area (Å²) in [6, 6.07) is 10.5. The van der Waals surface area contributed by atoms with Crippen LogP contribution >= 0.6 is 24.0 Å². The van der Waals surface area contributed by atoms with Gasteiger partial charge in [0.2, 0.25) is 0 Å². The zero-order valence-corrected chi connectivity index (χ0v) is 17.0. The van der Waals surface area contributed by atoms with E-state index in [4.69, 9.17) is 0 Å². The van der Waals surface area contributed by atoms with Gasteiger partial charge in [0, 0.05) is 19.8 Å². The summed E-state index contributed by atoms with van der Waals surface area (Å²) >= 11 is 0. The molecule has 2 aromatic rings. The molecule has 0 bridgehead atoms. The number of hydrogen-bond donors (Lipinski definition) is 2. The number of guanidine groups is 1. The molecular formula is C18H23F2IN4O. The summed E-state index contributed by atoms with van der Waals surface area (Å²) in [7, 11) is 1.71. The largest absolute Gasteiger partial charge is 0.435 e. The molecule has 0 atom stereocenters. The van der Waals surface area contributed by atoms with Crippen molar-refractivity contribution in [1.29, 1.82) is 0 Å². The van der Waals surface area contributed by atoms with Gasteiger partial charge < -0.3 is 15.4 Å². The monoisotopic (exact) mass is 476 g/mol. The maximum absolute atomic E-state index is 12.1. The van der Waals surface area contributed by atoms with Crippen molar-refractivity contribution in [3.05, 3.63) is 59.4 Å². The van der Waals surface area contributed by atoms with Gasteiger partial charge >= 0.3 is 6.61 Å². The quantitative estimate of drug-likeness (QED) is 0.365. The highest BCUT2D eigenvalue weighted by Gasteiger charge is 2.04. The minimum Gasteiger partial charge on any atom is -0.435 e. The van der Waals surface area contributed by atoms with Crippen molar-refractivity contribution in [2.24, 2.45) is 4.99 Å². The molecule has 0 radical (unpaired) electrons. The summed E-state index contributed by atoms with van der Waals surface area (Å²) in [6.45, 7) is 0.466. The number of alkyl halides is 2. The van der Waals surface area contributed by atoms with E-state index in [-0.39, 0.29) is 29.7 Å². The molecular weight excluding hydrogens is 453 g/mol. The fraction of sp³-hybridized carbons (Fsp3) is 0.333. The predicted molar refractivity (Wildman–Crippen MR) is 109 cm³/mol. The molecule has 0 spiro atoms. The first-order chi connectivity index (χ1) is 12.1. The second-order valence-electron chi connectivity index (χ2n) is 5.39. The summed E-state index contributed by atoms with van der Waals surface area (Å²) in [4.78, 5) is 8.50. The lowest BCUT2D eigenvalue weighted by molar-refractivity contribution is -0.0498. The van der Waals surface area contributed by atoms with Crippen LogP contribution in [0.2, 0.25) is 0 Å². The molecule has 2 rings (SSSR count). The van der Waals surface area contributed by atoms with Crippen molar-refractivity contribution < 1.29 is 13.5 Å². The number of aryl methyl sites for hydroxylation is 1. The second-order valence-corrected chi connectivity index (χ2v) is 5.39. The Labute approximate surface area is 169 Å². The third kappa shape index (κ3) is 7.51. The number of aliphatic imine (C=N–C) groups is 1. The summed E-state index contributed by atoms with van der Waals surface area (Å²) in [5.41, 5.74) is 3.11. The van der Waals surface area contributed by atoms with Crippen molar-refractivity contribution in [2.75, 3.05) is 13.6 Å². The van der Waals surface area contributed by atoms with E-state index in [0.29, 0.717) is 19.0 Å².